The molecule has 2 aromatic rings. The highest BCUT2D eigenvalue weighted by molar-refractivity contribution is 7.15. The van der Waals surface area contributed by atoms with Crippen LogP contribution in [0.4, 0.5) is 5.69 Å². The van der Waals surface area contributed by atoms with Crippen LogP contribution in [0.2, 0.25) is 0 Å². The standard InChI is InChI=1S/C16H18N2O3S/c19-18(20)15-6-2-1-5-14(15)16-8-7-13(22-16)10-17-12-4-3-9-21-11-12/h1-2,5-8,12,17H,3-4,9-11H2. The van der Waals surface area contributed by atoms with Crippen molar-refractivity contribution in [1.29, 1.82) is 0 Å². The number of nitro benzene ring substituents is 1. The molecule has 3 rings (SSSR count). The Bertz CT molecular complexity index is 650. The molecule has 1 aromatic carbocycles. The van der Waals surface area contributed by atoms with Crippen LogP contribution in [0.3, 0.4) is 0 Å². The van der Waals surface area contributed by atoms with E-state index in [1.165, 1.54) is 4.88 Å². The lowest BCUT2D eigenvalue weighted by Gasteiger charge is -2.22. The summed E-state index contributed by atoms with van der Waals surface area (Å²) < 4.78 is 5.45. The summed E-state index contributed by atoms with van der Waals surface area (Å²) in [6, 6.07) is 11.3. The van der Waals surface area contributed by atoms with Gasteiger partial charge in [-0.2, -0.15) is 0 Å². The Morgan fingerprint density at radius 3 is 2.95 bits per heavy atom. The van der Waals surface area contributed by atoms with Crippen molar-refractivity contribution in [3.63, 3.8) is 0 Å². The van der Waals surface area contributed by atoms with Gasteiger partial charge in [-0.15, -0.1) is 11.3 Å². The normalized spacial score (nSPS) is 18.3. The van der Waals surface area contributed by atoms with Gasteiger partial charge < -0.3 is 10.1 Å². The lowest BCUT2D eigenvalue weighted by molar-refractivity contribution is -0.384. The second-order valence-corrected chi connectivity index (χ2v) is 6.50. The first-order chi connectivity index (χ1) is 10.7. The first-order valence-electron chi connectivity index (χ1n) is 7.37. The smallest absolute Gasteiger partial charge is 0.278 e. The van der Waals surface area contributed by atoms with E-state index >= 15 is 0 Å². The monoisotopic (exact) mass is 318 g/mol. The molecule has 1 N–H and O–H groups in total. The summed E-state index contributed by atoms with van der Waals surface area (Å²) in [7, 11) is 0. The van der Waals surface area contributed by atoms with Crippen LogP contribution in [-0.4, -0.2) is 24.2 Å². The molecule has 1 aliphatic rings. The number of nitrogens with zero attached hydrogens (tertiary/aromatic N) is 1. The van der Waals surface area contributed by atoms with E-state index in [0.29, 0.717) is 11.6 Å². The zero-order valence-electron chi connectivity index (χ0n) is 12.2. The minimum atomic E-state index is -0.327. The van der Waals surface area contributed by atoms with Crippen molar-refractivity contribution < 1.29 is 9.66 Å². The van der Waals surface area contributed by atoms with Gasteiger partial charge in [-0.05, 0) is 31.0 Å². The maximum Gasteiger partial charge on any atom is 0.278 e. The highest BCUT2D eigenvalue weighted by atomic mass is 32.1. The van der Waals surface area contributed by atoms with E-state index in [4.69, 9.17) is 4.74 Å². The molecule has 1 fully saturated rings. The molecule has 0 radical (unpaired) electrons. The zero-order valence-corrected chi connectivity index (χ0v) is 13.0. The largest absolute Gasteiger partial charge is 0.380 e. The van der Waals surface area contributed by atoms with Gasteiger partial charge in [0.1, 0.15) is 0 Å². The molecule has 0 aliphatic carbocycles. The summed E-state index contributed by atoms with van der Waals surface area (Å²) in [6.45, 7) is 2.40. The van der Waals surface area contributed by atoms with E-state index in [2.05, 4.69) is 5.32 Å². The molecule has 0 saturated carbocycles. The number of rotatable bonds is 5. The van der Waals surface area contributed by atoms with Crippen molar-refractivity contribution in [2.24, 2.45) is 0 Å². The van der Waals surface area contributed by atoms with Gasteiger partial charge in [-0.1, -0.05) is 12.1 Å². The first-order valence-corrected chi connectivity index (χ1v) is 8.19. The van der Waals surface area contributed by atoms with Crippen LogP contribution in [0.15, 0.2) is 36.4 Å². The first kappa shape index (κ1) is 15.1. The maximum atomic E-state index is 11.1. The van der Waals surface area contributed by atoms with Gasteiger partial charge in [0.05, 0.1) is 17.1 Å². The Kier molecular flexibility index (Phi) is 4.82. The average Bonchev–Trinajstić information content (AvgIpc) is 3.03. The van der Waals surface area contributed by atoms with Crippen molar-refractivity contribution in [2.75, 3.05) is 13.2 Å². The van der Waals surface area contributed by atoms with Crippen LogP contribution >= 0.6 is 11.3 Å². The van der Waals surface area contributed by atoms with Gasteiger partial charge in [0, 0.05) is 35.0 Å². The highest BCUT2D eigenvalue weighted by Gasteiger charge is 2.17. The summed E-state index contributed by atoms with van der Waals surface area (Å²) in [4.78, 5) is 12.9. The Morgan fingerprint density at radius 1 is 1.32 bits per heavy atom. The van der Waals surface area contributed by atoms with Crippen LogP contribution in [-0.2, 0) is 11.3 Å². The Balaban J connectivity index is 1.69. The molecule has 1 aliphatic heterocycles. The van der Waals surface area contributed by atoms with Crippen molar-refractivity contribution in [2.45, 2.75) is 25.4 Å². The third-order valence-corrected chi connectivity index (χ3v) is 4.87. The van der Waals surface area contributed by atoms with E-state index in [-0.39, 0.29) is 10.6 Å². The fourth-order valence-corrected chi connectivity index (χ4v) is 3.60. The van der Waals surface area contributed by atoms with Crippen molar-refractivity contribution in [3.8, 4) is 10.4 Å². The second kappa shape index (κ2) is 7.00. The van der Waals surface area contributed by atoms with Crippen LogP contribution in [0.1, 0.15) is 17.7 Å². The predicted molar refractivity (Wildman–Crippen MR) is 87.1 cm³/mol. The summed E-state index contributed by atoms with van der Waals surface area (Å²) in [5.41, 5.74) is 0.842. The minimum Gasteiger partial charge on any atom is -0.380 e. The third-order valence-electron chi connectivity index (χ3n) is 3.75. The zero-order chi connectivity index (χ0) is 15.4. The number of thiophene rings is 1. The van der Waals surface area contributed by atoms with E-state index < -0.39 is 0 Å². The molecule has 1 unspecified atom stereocenters. The van der Waals surface area contributed by atoms with Crippen LogP contribution in [0, 0.1) is 10.1 Å². The van der Waals surface area contributed by atoms with Crippen LogP contribution in [0.25, 0.3) is 10.4 Å². The summed E-state index contributed by atoms with van der Waals surface area (Å²) in [6.07, 6.45) is 2.24. The SMILES string of the molecule is O=[N+]([O-])c1ccccc1-c1ccc(CNC2CCCOC2)s1. The minimum absolute atomic E-state index is 0.157. The average molecular weight is 318 g/mol. The Labute approximate surface area is 133 Å². The van der Waals surface area contributed by atoms with Crippen molar-refractivity contribution >= 4 is 17.0 Å². The van der Waals surface area contributed by atoms with Crippen molar-refractivity contribution in [1.82, 2.24) is 5.32 Å². The van der Waals surface area contributed by atoms with Gasteiger partial charge in [0.15, 0.2) is 0 Å². The van der Waals surface area contributed by atoms with Gasteiger partial charge in [-0.25, -0.2) is 0 Å². The quantitative estimate of drug-likeness (QED) is 0.676. The molecule has 6 heteroatoms. The molecule has 1 aromatic heterocycles. The maximum absolute atomic E-state index is 11.1. The predicted octanol–water partition coefficient (Wildman–Crippen LogP) is 3.59. The summed E-state index contributed by atoms with van der Waals surface area (Å²) >= 11 is 1.60. The molecule has 1 atom stereocenters. The summed E-state index contributed by atoms with van der Waals surface area (Å²) in [5.74, 6) is 0. The number of ether oxygens (including phenoxy) is 1. The van der Waals surface area contributed by atoms with Gasteiger partial charge in [-0.3, -0.25) is 10.1 Å². The third kappa shape index (κ3) is 3.52. The summed E-state index contributed by atoms with van der Waals surface area (Å²) in [5, 5.41) is 14.6. The van der Waals surface area contributed by atoms with Gasteiger partial charge in [0.25, 0.3) is 5.69 Å². The van der Waals surface area contributed by atoms with Gasteiger partial charge in [0.2, 0.25) is 0 Å². The lowest BCUT2D eigenvalue weighted by atomic mass is 10.1. The number of hydrogen-bond acceptors (Lipinski definition) is 5. The molecule has 2 heterocycles. The molecule has 0 spiro atoms. The van der Waals surface area contributed by atoms with E-state index in [0.717, 1.165) is 37.5 Å². The van der Waals surface area contributed by atoms with Gasteiger partial charge >= 0.3 is 0 Å². The molecular formula is C16H18N2O3S. The molecule has 116 valence electrons. The van der Waals surface area contributed by atoms with E-state index in [9.17, 15) is 10.1 Å². The van der Waals surface area contributed by atoms with Crippen LogP contribution in [0.5, 0.6) is 0 Å². The number of benzene rings is 1. The fourth-order valence-electron chi connectivity index (χ4n) is 2.61. The highest BCUT2D eigenvalue weighted by Crippen LogP contribution is 2.34. The molecule has 22 heavy (non-hydrogen) atoms. The topological polar surface area (TPSA) is 64.4 Å². The number of nitro groups is 1. The number of hydrogen-bond donors (Lipinski definition) is 1. The second-order valence-electron chi connectivity index (χ2n) is 5.34. The lowest BCUT2D eigenvalue weighted by Crippen LogP contribution is -2.36. The molecule has 0 amide bonds. The molecular weight excluding hydrogens is 300 g/mol. The Hall–Kier alpha value is -1.76. The van der Waals surface area contributed by atoms with E-state index in [1.807, 2.05) is 18.2 Å². The number of nitrogens with one attached hydrogen (secondary N) is 1. The van der Waals surface area contributed by atoms with Crippen LogP contribution < -0.4 is 5.32 Å². The molecule has 0 bridgehead atoms. The number of para-hydroxylation sites is 1. The Morgan fingerprint density at radius 2 is 2.18 bits per heavy atom. The molecule has 5 nitrogen and oxygen atoms in total. The fraction of sp³-hybridized carbons (Fsp3) is 0.375. The van der Waals surface area contributed by atoms with E-state index in [1.54, 1.807) is 29.5 Å². The molecule has 1 saturated heterocycles. The van der Waals surface area contributed by atoms with Crippen molar-refractivity contribution in [3.05, 3.63) is 51.4 Å².